The Hall–Kier alpha value is -2.08. The summed E-state index contributed by atoms with van der Waals surface area (Å²) in [6.07, 6.45) is 1.25. The largest absolute Gasteiger partial charge is 0.504 e. The van der Waals surface area contributed by atoms with E-state index in [0.717, 1.165) is 0 Å². The maximum absolute atomic E-state index is 10.6. The van der Waals surface area contributed by atoms with Crippen molar-refractivity contribution in [2.75, 3.05) is 0 Å². The van der Waals surface area contributed by atoms with E-state index in [0.29, 0.717) is 11.1 Å². The number of oxazole rings is 1. The molecule has 0 aliphatic heterocycles. The number of nitrogens with two attached hydrogens (primary N) is 1. The van der Waals surface area contributed by atoms with Gasteiger partial charge in [-0.25, -0.2) is 4.98 Å². The molecule has 0 spiro atoms. The standard InChI is InChI=1S/C10H10N2O4/c11-6(10(14)15)3-5-1-2-7-9(8(5)13)16-4-12-7/h1-2,4,6,13H,3,11H2,(H,14,15). The van der Waals surface area contributed by atoms with Gasteiger partial charge in [0.1, 0.15) is 11.6 Å². The van der Waals surface area contributed by atoms with Crippen molar-refractivity contribution in [3.63, 3.8) is 0 Å². The number of aromatic nitrogens is 1. The van der Waals surface area contributed by atoms with Gasteiger partial charge < -0.3 is 20.4 Å². The Labute approximate surface area is 90.3 Å². The molecule has 0 radical (unpaired) electrons. The molecular formula is C10H10N2O4. The van der Waals surface area contributed by atoms with Gasteiger partial charge >= 0.3 is 5.97 Å². The second kappa shape index (κ2) is 3.82. The summed E-state index contributed by atoms with van der Waals surface area (Å²) in [5, 5.41) is 18.5. The van der Waals surface area contributed by atoms with Crippen LogP contribution in [-0.2, 0) is 11.2 Å². The molecule has 2 rings (SSSR count). The number of rotatable bonds is 3. The van der Waals surface area contributed by atoms with E-state index in [4.69, 9.17) is 15.3 Å². The zero-order valence-corrected chi connectivity index (χ0v) is 8.25. The number of carbonyl (C=O) groups is 1. The number of aromatic hydroxyl groups is 1. The van der Waals surface area contributed by atoms with Crippen molar-refractivity contribution in [1.82, 2.24) is 4.98 Å². The summed E-state index contributed by atoms with van der Waals surface area (Å²) in [4.78, 5) is 14.4. The van der Waals surface area contributed by atoms with E-state index in [1.165, 1.54) is 6.39 Å². The predicted octanol–water partition coefficient (Wildman–Crippen LogP) is 0.488. The third-order valence-corrected chi connectivity index (χ3v) is 2.31. The van der Waals surface area contributed by atoms with Gasteiger partial charge in [-0.2, -0.15) is 0 Å². The van der Waals surface area contributed by atoms with Crippen LogP contribution in [0.25, 0.3) is 11.1 Å². The molecule has 0 aliphatic carbocycles. The van der Waals surface area contributed by atoms with Gasteiger partial charge in [-0.1, -0.05) is 6.07 Å². The zero-order valence-electron chi connectivity index (χ0n) is 8.25. The van der Waals surface area contributed by atoms with Crippen LogP contribution in [0.15, 0.2) is 22.9 Å². The molecule has 0 saturated carbocycles. The Balaban J connectivity index is 2.37. The minimum Gasteiger partial charge on any atom is -0.504 e. The number of carboxylic acid groups (broad SMARTS) is 1. The lowest BCUT2D eigenvalue weighted by Gasteiger charge is -2.07. The number of hydrogen-bond donors (Lipinski definition) is 3. The summed E-state index contributed by atoms with van der Waals surface area (Å²) < 4.78 is 4.98. The number of aliphatic carboxylic acids is 1. The van der Waals surface area contributed by atoms with Gasteiger partial charge in [0.15, 0.2) is 17.7 Å². The lowest BCUT2D eigenvalue weighted by Crippen LogP contribution is -2.32. The van der Waals surface area contributed by atoms with Gasteiger partial charge in [0.25, 0.3) is 0 Å². The third kappa shape index (κ3) is 1.70. The van der Waals surface area contributed by atoms with Gasteiger partial charge in [0.05, 0.1) is 0 Å². The smallest absolute Gasteiger partial charge is 0.320 e. The predicted molar refractivity (Wildman–Crippen MR) is 55.0 cm³/mol. The number of phenolic OH excluding ortho intramolecular Hbond substituents is 1. The van der Waals surface area contributed by atoms with Crippen molar-refractivity contribution in [3.05, 3.63) is 24.1 Å². The molecule has 0 fully saturated rings. The molecule has 1 aromatic heterocycles. The highest BCUT2D eigenvalue weighted by atomic mass is 16.4. The van der Waals surface area contributed by atoms with Crippen molar-refractivity contribution in [2.24, 2.45) is 5.73 Å². The molecule has 0 aliphatic rings. The number of carboxylic acids is 1. The van der Waals surface area contributed by atoms with Crippen LogP contribution in [0.3, 0.4) is 0 Å². The number of hydrogen-bond acceptors (Lipinski definition) is 5. The molecule has 1 atom stereocenters. The normalized spacial score (nSPS) is 12.8. The van der Waals surface area contributed by atoms with E-state index in [2.05, 4.69) is 4.98 Å². The lowest BCUT2D eigenvalue weighted by molar-refractivity contribution is -0.138. The van der Waals surface area contributed by atoms with Crippen LogP contribution < -0.4 is 5.73 Å². The van der Waals surface area contributed by atoms with E-state index in [1.54, 1.807) is 12.1 Å². The van der Waals surface area contributed by atoms with Crippen molar-refractivity contribution >= 4 is 17.1 Å². The summed E-state index contributed by atoms with van der Waals surface area (Å²) in [5.41, 5.74) is 6.57. The van der Waals surface area contributed by atoms with Crippen molar-refractivity contribution in [2.45, 2.75) is 12.5 Å². The van der Waals surface area contributed by atoms with Gasteiger partial charge in [-0.3, -0.25) is 4.79 Å². The maximum Gasteiger partial charge on any atom is 0.320 e. The quantitative estimate of drug-likeness (QED) is 0.697. The van der Waals surface area contributed by atoms with Gasteiger partial charge in [-0.15, -0.1) is 0 Å². The van der Waals surface area contributed by atoms with Gasteiger partial charge in [0.2, 0.25) is 0 Å². The molecule has 0 saturated heterocycles. The van der Waals surface area contributed by atoms with E-state index >= 15 is 0 Å². The van der Waals surface area contributed by atoms with Gasteiger partial charge in [0, 0.05) is 12.0 Å². The van der Waals surface area contributed by atoms with E-state index < -0.39 is 12.0 Å². The first kappa shape index (κ1) is 10.4. The molecule has 16 heavy (non-hydrogen) atoms. The molecule has 1 aromatic carbocycles. The minimum absolute atomic E-state index is 0.0395. The number of phenols is 1. The second-order valence-corrected chi connectivity index (χ2v) is 3.42. The van der Waals surface area contributed by atoms with Crippen LogP contribution in [0, 0.1) is 0 Å². The average molecular weight is 222 g/mol. The molecule has 6 heteroatoms. The number of nitrogens with zero attached hydrogens (tertiary/aromatic N) is 1. The summed E-state index contributed by atoms with van der Waals surface area (Å²) in [5.74, 6) is -1.22. The fourth-order valence-corrected chi connectivity index (χ4v) is 1.44. The van der Waals surface area contributed by atoms with Crippen LogP contribution in [0.5, 0.6) is 5.75 Å². The Morgan fingerprint density at radius 3 is 3.00 bits per heavy atom. The summed E-state index contributed by atoms with van der Waals surface area (Å²) in [6.45, 7) is 0. The molecule has 1 heterocycles. The highest BCUT2D eigenvalue weighted by Crippen LogP contribution is 2.28. The molecule has 0 bridgehead atoms. The molecule has 1 unspecified atom stereocenters. The molecule has 4 N–H and O–H groups in total. The topological polar surface area (TPSA) is 110 Å². The lowest BCUT2D eigenvalue weighted by atomic mass is 10.1. The number of fused-ring (bicyclic) bond motifs is 1. The Kier molecular flexibility index (Phi) is 2.49. The number of benzene rings is 1. The second-order valence-electron chi connectivity index (χ2n) is 3.42. The maximum atomic E-state index is 10.6. The van der Waals surface area contributed by atoms with Gasteiger partial charge in [-0.05, 0) is 6.07 Å². The molecule has 0 amide bonds. The minimum atomic E-state index is -1.11. The third-order valence-electron chi connectivity index (χ3n) is 2.31. The van der Waals surface area contributed by atoms with E-state index in [-0.39, 0.29) is 17.8 Å². The van der Waals surface area contributed by atoms with Crippen molar-refractivity contribution in [1.29, 1.82) is 0 Å². The van der Waals surface area contributed by atoms with Crippen LogP contribution in [0.2, 0.25) is 0 Å². The summed E-state index contributed by atoms with van der Waals surface area (Å²) >= 11 is 0. The van der Waals surface area contributed by atoms with E-state index in [9.17, 15) is 9.90 Å². The Morgan fingerprint density at radius 1 is 1.56 bits per heavy atom. The Morgan fingerprint density at radius 2 is 2.31 bits per heavy atom. The highest BCUT2D eigenvalue weighted by molar-refractivity contribution is 5.81. The molecule has 2 aromatic rings. The van der Waals surface area contributed by atoms with Crippen LogP contribution >= 0.6 is 0 Å². The average Bonchev–Trinajstić information content (AvgIpc) is 2.70. The van der Waals surface area contributed by atoms with Crippen molar-refractivity contribution < 1.29 is 19.4 Å². The highest BCUT2D eigenvalue weighted by Gasteiger charge is 2.17. The fraction of sp³-hybridized carbons (Fsp3) is 0.200. The first-order valence-electron chi connectivity index (χ1n) is 4.62. The fourth-order valence-electron chi connectivity index (χ4n) is 1.44. The summed E-state index contributed by atoms with van der Waals surface area (Å²) in [6, 6.07) is 2.18. The van der Waals surface area contributed by atoms with Crippen LogP contribution in [-0.4, -0.2) is 27.2 Å². The van der Waals surface area contributed by atoms with Crippen molar-refractivity contribution in [3.8, 4) is 5.75 Å². The summed E-state index contributed by atoms with van der Waals surface area (Å²) in [7, 11) is 0. The molecular weight excluding hydrogens is 212 g/mol. The SMILES string of the molecule is NC(Cc1ccc2ncoc2c1O)C(=O)O. The van der Waals surface area contributed by atoms with Crippen LogP contribution in [0.1, 0.15) is 5.56 Å². The molecule has 84 valence electrons. The monoisotopic (exact) mass is 222 g/mol. The Bertz CT molecular complexity index is 535. The van der Waals surface area contributed by atoms with E-state index in [1.807, 2.05) is 0 Å². The first-order valence-corrected chi connectivity index (χ1v) is 4.62. The molecule has 6 nitrogen and oxygen atoms in total. The zero-order chi connectivity index (χ0) is 11.7. The first-order chi connectivity index (χ1) is 7.59. The van der Waals surface area contributed by atoms with Crippen LogP contribution in [0.4, 0.5) is 0 Å².